The zero-order chi connectivity index (χ0) is 21.5. The van der Waals surface area contributed by atoms with Crippen LogP contribution in [0.15, 0.2) is 21.6 Å². The molecule has 5 nitrogen and oxygen atoms in total. The zero-order valence-corrected chi connectivity index (χ0v) is 19.0. The molecule has 1 heterocycles. The van der Waals surface area contributed by atoms with Crippen LogP contribution in [0.3, 0.4) is 0 Å². The Morgan fingerprint density at radius 1 is 1.10 bits per heavy atom. The Morgan fingerprint density at radius 2 is 1.70 bits per heavy atom. The van der Waals surface area contributed by atoms with Gasteiger partial charge in [0, 0.05) is 23.9 Å². The van der Waals surface area contributed by atoms with E-state index in [0.717, 1.165) is 29.3 Å². The Kier molecular flexibility index (Phi) is 5.66. The van der Waals surface area contributed by atoms with Crippen LogP contribution in [0.4, 0.5) is 5.69 Å². The lowest BCUT2D eigenvalue weighted by Crippen LogP contribution is -2.35. The van der Waals surface area contributed by atoms with Gasteiger partial charge in [-0.1, -0.05) is 19.9 Å². The average molecular weight is 429 g/mol. The van der Waals surface area contributed by atoms with Crippen LogP contribution in [0.1, 0.15) is 73.6 Å². The summed E-state index contributed by atoms with van der Waals surface area (Å²) in [5, 5.41) is 11.8. The molecule has 0 saturated heterocycles. The summed E-state index contributed by atoms with van der Waals surface area (Å²) in [6, 6.07) is 4.51. The predicted octanol–water partition coefficient (Wildman–Crippen LogP) is 4.66. The van der Waals surface area contributed by atoms with Gasteiger partial charge in [-0.05, 0) is 85.6 Å². The lowest BCUT2D eigenvalue weighted by Gasteiger charge is -2.38. The molecule has 0 aliphatic heterocycles. The van der Waals surface area contributed by atoms with E-state index in [4.69, 9.17) is 9.21 Å². The maximum atomic E-state index is 10.9. The molecule has 0 spiro atoms. The highest BCUT2D eigenvalue weighted by Crippen LogP contribution is 2.47. The minimum Gasteiger partial charge on any atom is -0.453 e. The molecule has 162 valence electrons. The van der Waals surface area contributed by atoms with Crippen molar-refractivity contribution in [1.29, 1.82) is 0 Å². The van der Waals surface area contributed by atoms with Gasteiger partial charge in [-0.2, -0.15) is 0 Å². The number of primary amides is 1. The van der Waals surface area contributed by atoms with Gasteiger partial charge in [-0.15, -0.1) is 0 Å². The standard InChI is InChI=1S/C23H29NO2S.CH3NO/c1-22(2)12-19-18(23(3,25)13-22)11-20(26-19)27-24-21-16-8-4-6-14(16)10-15-7-5-9-17(15)21;2-1-3/h10-11,24-25H,4-9,12-13H2,1-3H3;1H,(H2,2,3). The van der Waals surface area contributed by atoms with Crippen molar-refractivity contribution in [2.45, 2.75) is 82.8 Å². The van der Waals surface area contributed by atoms with E-state index in [1.165, 1.54) is 55.3 Å². The summed E-state index contributed by atoms with van der Waals surface area (Å²) < 4.78 is 9.84. The van der Waals surface area contributed by atoms with Gasteiger partial charge in [0.2, 0.25) is 6.41 Å². The molecule has 0 radical (unpaired) electrons. The maximum absolute atomic E-state index is 10.9. The van der Waals surface area contributed by atoms with Crippen LogP contribution >= 0.6 is 11.9 Å². The van der Waals surface area contributed by atoms with Crippen molar-refractivity contribution in [3.05, 3.63) is 45.7 Å². The minimum atomic E-state index is -0.811. The van der Waals surface area contributed by atoms with Gasteiger partial charge < -0.3 is 20.0 Å². The van der Waals surface area contributed by atoms with E-state index in [2.05, 4.69) is 30.4 Å². The molecule has 1 amide bonds. The number of aliphatic hydroxyl groups is 1. The smallest absolute Gasteiger partial charge is 0.204 e. The second kappa shape index (κ2) is 7.97. The highest BCUT2D eigenvalue weighted by Gasteiger charge is 2.41. The van der Waals surface area contributed by atoms with Crippen LogP contribution in [0.5, 0.6) is 0 Å². The molecule has 4 N–H and O–H groups in total. The predicted molar refractivity (Wildman–Crippen MR) is 121 cm³/mol. The Bertz CT molecular complexity index is 930. The SMILES string of the molecule is CC1(C)Cc2oc(SNc3c4c(cc5c3CCC5)CCC4)cc2C(C)(O)C1.NC=O. The first-order chi connectivity index (χ1) is 14.2. The third-order valence-corrected chi connectivity index (χ3v) is 7.26. The fourth-order valence-corrected chi connectivity index (χ4v) is 6.37. The van der Waals surface area contributed by atoms with Crippen LogP contribution in [-0.2, 0) is 42.5 Å². The number of hydrogen-bond donors (Lipinski definition) is 3. The van der Waals surface area contributed by atoms with Crippen molar-refractivity contribution in [2.24, 2.45) is 11.1 Å². The number of nitrogens with one attached hydrogen (secondary N) is 1. The summed E-state index contributed by atoms with van der Waals surface area (Å²) in [7, 11) is 0. The molecule has 3 aliphatic carbocycles. The first-order valence-electron chi connectivity index (χ1n) is 10.8. The van der Waals surface area contributed by atoms with Crippen molar-refractivity contribution in [3.8, 4) is 0 Å². The lowest BCUT2D eigenvalue weighted by atomic mass is 9.70. The van der Waals surface area contributed by atoms with E-state index in [0.29, 0.717) is 0 Å². The van der Waals surface area contributed by atoms with Gasteiger partial charge in [0.15, 0.2) is 5.09 Å². The first kappa shape index (κ1) is 21.3. The first-order valence-corrected chi connectivity index (χ1v) is 11.7. The van der Waals surface area contributed by atoms with Crippen molar-refractivity contribution in [3.63, 3.8) is 0 Å². The largest absolute Gasteiger partial charge is 0.453 e. The molecular formula is C24H32N2O3S. The van der Waals surface area contributed by atoms with Crippen LogP contribution in [0, 0.1) is 5.41 Å². The highest BCUT2D eigenvalue weighted by molar-refractivity contribution is 8.00. The summed E-state index contributed by atoms with van der Waals surface area (Å²) in [5.41, 5.74) is 11.9. The third-order valence-electron chi connectivity index (χ3n) is 6.56. The summed E-state index contributed by atoms with van der Waals surface area (Å²) in [6.45, 7) is 6.32. The van der Waals surface area contributed by atoms with Gasteiger partial charge in [-0.3, -0.25) is 4.79 Å². The molecule has 1 aromatic carbocycles. The number of amides is 1. The summed E-state index contributed by atoms with van der Waals surface area (Å²) >= 11 is 1.57. The van der Waals surface area contributed by atoms with E-state index in [1.54, 1.807) is 23.1 Å². The van der Waals surface area contributed by atoms with Gasteiger partial charge in [0.25, 0.3) is 0 Å². The molecule has 5 rings (SSSR count). The van der Waals surface area contributed by atoms with Crippen molar-refractivity contribution >= 4 is 24.0 Å². The van der Waals surface area contributed by atoms with Gasteiger partial charge in [0.1, 0.15) is 5.76 Å². The van der Waals surface area contributed by atoms with E-state index >= 15 is 0 Å². The summed E-state index contributed by atoms with van der Waals surface area (Å²) in [5.74, 6) is 0.948. The van der Waals surface area contributed by atoms with Crippen molar-refractivity contribution in [1.82, 2.24) is 0 Å². The summed E-state index contributed by atoms with van der Waals surface area (Å²) in [4.78, 5) is 8.58. The third kappa shape index (κ3) is 4.00. The normalized spacial score (nSPS) is 23.1. The number of furan rings is 1. The molecule has 3 aliphatic rings. The van der Waals surface area contributed by atoms with Crippen LogP contribution in [-0.4, -0.2) is 11.5 Å². The number of aryl methyl sites for hydroxylation is 2. The molecular weight excluding hydrogens is 396 g/mol. The van der Waals surface area contributed by atoms with E-state index < -0.39 is 5.60 Å². The van der Waals surface area contributed by atoms with Gasteiger partial charge in [-0.25, -0.2) is 0 Å². The fourth-order valence-electron chi connectivity index (χ4n) is 5.61. The number of fused-ring (bicyclic) bond motifs is 3. The van der Waals surface area contributed by atoms with E-state index in [1.807, 2.05) is 13.0 Å². The molecule has 1 unspecified atom stereocenters. The monoisotopic (exact) mass is 428 g/mol. The number of carbonyl (C=O) groups is 1. The highest BCUT2D eigenvalue weighted by atomic mass is 32.2. The number of benzene rings is 1. The number of hydrogen-bond acceptors (Lipinski definition) is 5. The Morgan fingerprint density at radius 3 is 2.30 bits per heavy atom. The number of carbonyl (C=O) groups excluding carboxylic acids is 1. The van der Waals surface area contributed by atoms with Crippen molar-refractivity contribution < 1.29 is 14.3 Å². The second-order valence-electron chi connectivity index (χ2n) is 9.77. The second-order valence-corrected chi connectivity index (χ2v) is 10.6. The van der Waals surface area contributed by atoms with Gasteiger partial charge in [0.05, 0.1) is 11.3 Å². The molecule has 1 aromatic heterocycles. The summed E-state index contributed by atoms with van der Waals surface area (Å²) in [6.07, 6.45) is 9.24. The minimum absolute atomic E-state index is 0.0603. The molecule has 1 atom stereocenters. The Labute approximate surface area is 182 Å². The van der Waals surface area contributed by atoms with E-state index in [-0.39, 0.29) is 11.8 Å². The molecule has 0 fully saturated rings. The van der Waals surface area contributed by atoms with Crippen LogP contribution < -0.4 is 10.5 Å². The average Bonchev–Trinajstić information content (AvgIpc) is 3.36. The Balaban J connectivity index is 0.000000687. The van der Waals surface area contributed by atoms with Crippen LogP contribution in [0.2, 0.25) is 0 Å². The number of nitrogens with two attached hydrogens (primary N) is 1. The Hall–Kier alpha value is -1.92. The molecule has 2 aromatic rings. The van der Waals surface area contributed by atoms with E-state index in [9.17, 15) is 5.11 Å². The number of rotatable bonds is 3. The topological polar surface area (TPSA) is 88.5 Å². The van der Waals surface area contributed by atoms with Gasteiger partial charge >= 0.3 is 0 Å². The number of anilines is 1. The zero-order valence-electron chi connectivity index (χ0n) is 18.1. The fraction of sp³-hybridized carbons (Fsp3) is 0.542. The molecule has 6 heteroatoms. The molecule has 30 heavy (non-hydrogen) atoms. The quantitative estimate of drug-likeness (QED) is 0.489. The molecule has 0 bridgehead atoms. The maximum Gasteiger partial charge on any atom is 0.204 e. The lowest BCUT2D eigenvalue weighted by molar-refractivity contribution is -0.106. The molecule has 0 saturated carbocycles. The van der Waals surface area contributed by atoms with Crippen LogP contribution in [0.25, 0.3) is 0 Å². The van der Waals surface area contributed by atoms with Crippen molar-refractivity contribution in [2.75, 3.05) is 4.72 Å².